The van der Waals surface area contributed by atoms with Crippen LogP contribution in [0.25, 0.3) is 0 Å². The standard InChI is InChI=1S/C32H35FN4O7/c1-42-27-7-5-21-6-8-29(38)34-18-22-14-23(33)17-24(15-22)44-26-9-12-37(19-25(26)35-30(39)20-43-28(27)16-21)32(41)10-13-36-11-3-2-4-31(36)40/h2-5,7,11,14-17,25-26H,6,8-10,12-13,18-20H2,1H3,(H,34,38)(H,35,39)/t25-,26-/m1/s1. The Morgan fingerprint density at radius 2 is 1.91 bits per heavy atom. The summed E-state index contributed by atoms with van der Waals surface area (Å²) in [6.07, 6.45) is 2.13. The number of carbonyl (C=O) groups excluding carboxylic acids is 3. The van der Waals surface area contributed by atoms with Gasteiger partial charge >= 0.3 is 0 Å². The lowest BCUT2D eigenvalue weighted by molar-refractivity contribution is -0.135. The SMILES string of the molecule is COc1ccc2cc1OCC(=O)N[C@@H]1CN(C(=O)CCn3ccccc3=O)CC[C@H]1Oc1cc(F)cc(c1)CNC(=O)CC2. The summed E-state index contributed by atoms with van der Waals surface area (Å²) in [6.45, 7) is 0.498. The average molecular weight is 607 g/mol. The van der Waals surface area contributed by atoms with E-state index in [2.05, 4.69) is 10.6 Å². The number of carbonyl (C=O) groups is 3. The molecule has 2 aliphatic rings. The molecule has 0 unspecified atom stereocenters. The van der Waals surface area contributed by atoms with Crippen LogP contribution in [0.15, 0.2) is 65.6 Å². The Kier molecular flexibility index (Phi) is 9.78. The molecule has 2 atom stereocenters. The molecule has 2 aromatic carbocycles. The fraction of sp³-hybridized carbons (Fsp3) is 0.375. The molecule has 4 bridgehead atoms. The Morgan fingerprint density at radius 3 is 2.73 bits per heavy atom. The molecule has 1 fully saturated rings. The van der Waals surface area contributed by atoms with Gasteiger partial charge in [-0.15, -0.1) is 0 Å². The number of benzene rings is 2. The lowest BCUT2D eigenvalue weighted by atomic mass is 10.0. The van der Waals surface area contributed by atoms with Gasteiger partial charge in [-0.1, -0.05) is 12.1 Å². The van der Waals surface area contributed by atoms with Crippen molar-refractivity contribution in [3.8, 4) is 17.2 Å². The van der Waals surface area contributed by atoms with Gasteiger partial charge in [-0.25, -0.2) is 4.39 Å². The van der Waals surface area contributed by atoms with Gasteiger partial charge < -0.3 is 34.3 Å². The van der Waals surface area contributed by atoms with Gasteiger partial charge in [0.2, 0.25) is 11.8 Å². The van der Waals surface area contributed by atoms with Crippen LogP contribution in [0.1, 0.15) is 30.4 Å². The number of likely N-dealkylation sites (tertiary alicyclic amines) is 1. The number of ether oxygens (including phenoxy) is 3. The van der Waals surface area contributed by atoms with Gasteiger partial charge in [0.15, 0.2) is 18.1 Å². The molecule has 0 aliphatic carbocycles. The van der Waals surface area contributed by atoms with E-state index in [9.17, 15) is 23.6 Å². The Balaban J connectivity index is 1.36. The molecule has 3 amide bonds. The zero-order valence-electron chi connectivity index (χ0n) is 24.4. The van der Waals surface area contributed by atoms with Crippen LogP contribution in [-0.4, -0.2) is 66.1 Å². The second-order valence-electron chi connectivity index (χ2n) is 10.8. The van der Waals surface area contributed by atoms with Crippen molar-refractivity contribution in [3.63, 3.8) is 0 Å². The van der Waals surface area contributed by atoms with Crippen molar-refractivity contribution in [3.05, 3.63) is 88.1 Å². The lowest BCUT2D eigenvalue weighted by Crippen LogP contribution is -2.58. The van der Waals surface area contributed by atoms with Crippen LogP contribution in [0.4, 0.5) is 4.39 Å². The van der Waals surface area contributed by atoms with E-state index in [0.717, 1.165) is 5.56 Å². The van der Waals surface area contributed by atoms with Gasteiger partial charge in [0.1, 0.15) is 17.7 Å². The lowest BCUT2D eigenvalue weighted by Gasteiger charge is -2.39. The maximum Gasteiger partial charge on any atom is 0.258 e. The molecule has 2 N–H and O–H groups in total. The zero-order chi connectivity index (χ0) is 31.1. The Labute approximate surface area is 253 Å². The van der Waals surface area contributed by atoms with Crippen molar-refractivity contribution >= 4 is 17.7 Å². The highest BCUT2D eigenvalue weighted by Gasteiger charge is 2.34. The molecule has 0 radical (unpaired) electrons. The molecule has 5 rings (SSSR count). The van der Waals surface area contributed by atoms with Crippen LogP contribution in [0.2, 0.25) is 0 Å². The Morgan fingerprint density at radius 1 is 1.05 bits per heavy atom. The summed E-state index contributed by atoms with van der Waals surface area (Å²) in [6, 6.07) is 13.7. The van der Waals surface area contributed by atoms with Crippen molar-refractivity contribution in [2.45, 2.75) is 50.9 Å². The van der Waals surface area contributed by atoms with E-state index in [1.165, 1.54) is 29.9 Å². The van der Waals surface area contributed by atoms with Crippen LogP contribution < -0.4 is 30.4 Å². The predicted octanol–water partition coefficient (Wildman–Crippen LogP) is 2.19. The number of aryl methyl sites for hydroxylation is 2. The molecular weight excluding hydrogens is 571 g/mol. The minimum atomic E-state index is -0.637. The number of aromatic nitrogens is 1. The largest absolute Gasteiger partial charge is 0.493 e. The van der Waals surface area contributed by atoms with Crippen LogP contribution in [-0.2, 0) is 33.9 Å². The van der Waals surface area contributed by atoms with Gasteiger partial charge in [0, 0.05) is 63.8 Å². The first-order valence-corrected chi connectivity index (χ1v) is 14.5. The maximum absolute atomic E-state index is 14.6. The summed E-state index contributed by atoms with van der Waals surface area (Å²) in [5.41, 5.74) is 1.15. The summed E-state index contributed by atoms with van der Waals surface area (Å²) < 4.78 is 33.4. The number of rotatable bonds is 4. The molecule has 44 heavy (non-hydrogen) atoms. The van der Waals surface area contributed by atoms with Crippen LogP contribution in [0.5, 0.6) is 17.2 Å². The van der Waals surface area contributed by atoms with Gasteiger partial charge in [0.05, 0.1) is 13.2 Å². The molecule has 2 aliphatic heterocycles. The molecule has 0 saturated carbocycles. The summed E-state index contributed by atoms with van der Waals surface area (Å²) in [7, 11) is 1.50. The first-order valence-electron chi connectivity index (χ1n) is 14.5. The first-order chi connectivity index (χ1) is 21.3. The fourth-order valence-corrected chi connectivity index (χ4v) is 5.35. The normalized spacial score (nSPS) is 19.2. The van der Waals surface area contributed by atoms with Crippen LogP contribution in [0, 0.1) is 5.82 Å². The Bertz CT molecular complexity index is 1580. The van der Waals surface area contributed by atoms with Gasteiger partial charge in [-0.2, -0.15) is 0 Å². The Hall–Kier alpha value is -4.87. The molecule has 1 saturated heterocycles. The number of nitrogens with zero attached hydrogens (tertiary/aromatic N) is 2. The fourth-order valence-electron chi connectivity index (χ4n) is 5.35. The average Bonchev–Trinajstić information content (AvgIpc) is 3.01. The monoisotopic (exact) mass is 606 g/mol. The number of hydrogen-bond acceptors (Lipinski definition) is 7. The highest BCUT2D eigenvalue weighted by molar-refractivity contribution is 5.79. The van der Waals surface area contributed by atoms with Gasteiger partial charge in [-0.05, 0) is 47.9 Å². The number of pyridine rings is 1. The van der Waals surface area contributed by atoms with E-state index in [1.54, 1.807) is 41.4 Å². The molecular formula is C32H35FN4O7. The van der Waals surface area contributed by atoms with E-state index in [-0.39, 0.29) is 62.2 Å². The highest BCUT2D eigenvalue weighted by atomic mass is 19.1. The zero-order valence-corrected chi connectivity index (χ0v) is 24.4. The minimum absolute atomic E-state index is 0.105. The van der Waals surface area contributed by atoms with E-state index in [1.807, 2.05) is 6.07 Å². The van der Waals surface area contributed by atoms with Gasteiger partial charge in [-0.3, -0.25) is 19.2 Å². The highest BCUT2D eigenvalue weighted by Crippen LogP contribution is 2.29. The van der Waals surface area contributed by atoms with Crippen LogP contribution >= 0.6 is 0 Å². The van der Waals surface area contributed by atoms with Crippen molar-refractivity contribution in [1.82, 2.24) is 20.1 Å². The molecule has 0 spiro atoms. The maximum atomic E-state index is 14.6. The van der Waals surface area contributed by atoms with E-state index < -0.39 is 23.9 Å². The number of fused-ring (bicyclic) bond motifs is 5. The molecule has 232 valence electrons. The third-order valence-electron chi connectivity index (χ3n) is 7.65. The third-order valence-corrected chi connectivity index (χ3v) is 7.65. The van der Waals surface area contributed by atoms with E-state index >= 15 is 0 Å². The van der Waals surface area contributed by atoms with E-state index in [4.69, 9.17) is 14.2 Å². The number of amides is 3. The molecule has 12 heteroatoms. The predicted molar refractivity (Wildman–Crippen MR) is 158 cm³/mol. The number of halogens is 1. The number of hydrogen-bond donors (Lipinski definition) is 2. The first kappa shape index (κ1) is 30.6. The molecule has 3 heterocycles. The third kappa shape index (κ3) is 7.94. The quantitative estimate of drug-likeness (QED) is 0.466. The van der Waals surface area contributed by atoms with E-state index in [0.29, 0.717) is 36.4 Å². The van der Waals surface area contributed by atoms with Crippen molar-refractivity contribution in [2.75, 3.05) is 26.8 Å². The number of piperidine rings is 1. The van der Waals surface area contributed by atoms with Crippen molar-refractivity contribution in [1.29, 1.82) is 0 Å². The number of nitrogens with one attached hydrogen (secondary N) is 2. The minimum Gasteiger partial charge on any atom is -0.493 e. The van der Waals surface area contributed by atoms with Crippen molar-refractivity contribution < 1.29 is 33.0 Å². The van der Waals surface area contributed by atoms with Crippen LogP contribution in [0.3, 0.4) is 0 Å². The second-order valence-corrected chi connectivity index (χ2v) is 10.8. The number of methoxy groups -OCH3 is 1. The smallest absolute Gasteiger partial charge is 0.258 e. The summed E-state index contributed by atoms with van der Waals surface area (Å²) in [4.78, 5) is 52.5. The molecule has 11 nitrogen and oxygen atoms in total. The summed E-state index contributed by atoms with van der Waals surface area (Å²) in [5.74, 6) is -0.296. The molecule has 3 aromatic rings. The second kappa shape index (κ2) is 14.1. The van der Waals surface area contributed by atoms with Crippen molar-refractivity contribution in [2.24, 2.45) is 0 Å². The molecule has 1 aromatic heterocycles. The topological polar surface area (TPSA) is 128 Å². The summed E-state index contributed by atoms with van der Waals surface area (Å²) >= 11 is 0. The van der Waals surface area contributed by atoms with Gasteiger partial charge in [0.25, 0.3) is 11.5 Å². The summed E-state index contributed by atoms with van der Waals surface area (Å²) in [5, 5.41) is 5.76.